The van der Waals surface area contributed by atoms with Gasteiger partial charge < -0.3 is 5.32 Å². The summed E-state index contributed by atoms with van der Waals surface area (Å²) in [6.45, 7) is 0. The molecule has 3 aromatic rings. The number of benzene rings is 1. The van der Waals surface area contributed by atoms with E-state index in [0.29, 0.717) is 17.2 Å². The molecule has 0 aliphatic heterocycles. The predicted octanol–water partition coefficient (Wildman–Crippen LogP) is 4.59. The van der Waals surface area contributed by atoms with E-state index in [4.69, 9.17) is 11.6 Å². The van der Waals surface area contributed by atoms with Gasteiger partial charge in [0.15, 0.2) is 5.15 Å². The number of hydrogen-bond acceptors (Lipinski definition) is 5. The summed E-state index contributed by atoms with van der Waals surface area (Å²) in [7, 11) is 0. The molecule has 128 valence electrons. The molecule has 0 aliphatic carbocycles. The second-order valence-corrected chi connectivity index (χ2v) is 7.16. The summed E-state index contributed by atoms with van der Waals surface area (Å²) < 4.78 is 0. The molecule has 0 bridgehead atoms. The Kier molecular flexibility index (Phi) is 6.07. The van der Waals surface area contributed by atoms with Crippen molar-refractivity contribution in [2.45, 2.75) is 6.42 Å². The van der Waals surface area contributed by atoms with Gasteiger partial charge >= 0.3 is 0 Å². The van der Waals surface area contributed by atoms with Crippen molar-refractivity contribution < 1.29 is 4.79 Å². The summed E-state index contributed by atoms with van der Waals surface area (Å²) in [5.41, 5.74) is 1.97. The fourth-order valence-corrected chi connectivity index (χ4v) is 3.79. The molecular weight excluding hydrogens is 374 g/mol. The number of carbonyl (C=O) groups excluding carboxylic acids is 1. The van der Waals surface area contributed by atoms with Crippen LogP contribution in [0.4, 0.5) is 5.00 Å². The molecule has 1 atom stereocenters. The van der Waals surface area contributed by atoms with Crippen molar-refractivity contribution in [3.63, 3.8) is 0 Å². The SMILES string of the molecule is O=C(Nc1sc(-c2cccnc2)nc1Cl)C(CS)Cc1ccccc1. The Labute approximate surface area is 160 Å². The molecule has 7 heteroatoms. The number of thiazole rings is 1. The average Bonchev–Trinajstić information content (AvgIpc) is 3.02. The molecule has 1 unspecified atom stereocenters. The van der Waals surface area contributed by atoms with Gasteiger partial charge in [-0.25, -0.2) is 4.98 Å². The molecule has 3 rings (SSSR count). The fraction of sp³-hybridized carbons (Fsp3) is 0.167. The topological polar surface area (TPSA) is 54.9 Å². The van der Waals surface area contributed by atoms with Crippen LogP contribution in [0, 0.1) is 5.92 Å². The quantitative estimate of drug-likeness (QED) is 0.606. The molecule has 2 heterocycles. The van der Waals surface area contributed by atoms with Gasteiger partial charge in [0.05, 0.1) is 5.92 Å². The number of halogens is 1. The molecule has 0 saturated heterocycles. The largest absolute Gasteiger partial charge is 0.315 e. The molecule has 0 radical (unpaired) electrons. The van der Waals surface area contributed by atoms with Gasteiger partial charge in [0.2, 0.25) is 5.91 Å². The van der Waals surface area contributed by atoms with Crippen molar-refractivity contribution >= 4 is 46.5 Å². The Balaban J connectivity index is 1.72. The highest BCUT2D eigenvalue weighted by Crippen LogP contribution is 2.35. The number of hydrogen-bond donors (Lipinski definition) is 2. The van der Waals surface area contributed by atoms with E-state index >= 15 is 0 Å². The van der Waals surface area contributed by atoms with Crippen LogP contribution >= 0.6 is 35.6 Å². The predicted molar refractivity (Wildman–Crippen MR) is 106 cm³/mol. The Morgan fingerprint density at radius 1 is 1.24 bits per heavy atom. The van der Waals surface area contributed by atoms with E-state index in [1.807, 2.05) is 42.5 Å². The lowest BCUT2D eigenvalue weighted by atomic mass is 10.0. The maximum atomic E-state index is 12.6. The van der Waals surface area contributed by atoms with Gasteiger partial charge in [-0.2, -0.15) is 12.6 Å². The number of thiol groups is 1. The number of carbonyl (C=O) groups is 1. The van der Waals surface area contributed by atoms with E-state index in [0.717, 1.165) is 16.1 Å². The molecule has 2 aromatic heterocycles. The van der Waals surface area contributed by atoms with E-state index in [9.17, 15) is 4.79 Å². The fourth-order valence-electron chi connectivity index (χ4n) is 2.34. The molecule has 0 spiro atoms. The van der Waals surface area contributed by atoms with Crippen molar-refractivity contribution in [1.82, 2.24) is 9.97 Å². The van der Waals surface area contributed by atoms with Crippen LogP contribution in [-0.4, -0.2) is 21.6 Å². The van der Waals surface area contributed by atoms with E-state index in [-0.39, 0.29) is 17.0 Å². The lowest BCUT2D eigenvalue weighted by Gasteiger charge is -2.13. The van der Waals surface area contributed by atoms with Crippen molar-refractivity contribution in [1.29, 1.82) is 0 Å². The molecular formula is C18H16ClN3OS2. The van der Waals surface area contributed by atoms with Crippen LogP contribution in [0.25, 0.3) is 10.6 Å². The summed E-state index contributed by atoms with van der Waals surface area (Å²) in [4.78, 5) is 21.0. The van der Waals surface area contributed by atoms with Crippen LogP contribution < -0.4 is 5.32 Å². The highest BCUT2D eigenvalue weighted by atomic mass is 35.5. The summed E-state index contributed by atoms with van der Waals surface area (Å²) in [5, 5.41) is 4.44. The number of nitrogens with one attached hydrogen (secondary N) is 1. The summed E-state index contributed by atoms with van der Waals surface area (Å²) in [5.74, 6) is 0.0972. The van der Waals surface area contributed by atoms with Gasteiger partial charge in [0, 0.05) is 23.7 Å². The first-order valence-corrected chi connectivity index (χ1v) is 9.52. The van der Waals surface area contributed by atoms with Crippen LogP contribution in [0.1, 0.15) is 5.56 Å². The van der Waals surface area contributed by atoms with E-state index < -0.39 is 0 Å². The first-order valence-electron chi connectivity index (χ1n) is 7.69. The Morgan fingerprint density at radius 2 is 2.04 bits per heavy atom. The molecule has 4 nitrogen and oxygen atoms in total. The zero-order valence-corrected chi connectivity index (χ0v) is 15.7. The van der Waals surface area contributed by atoms with Crippen molar-refractivity contribution in [2.75, 3.05) is 11.1 Å². The van der Waals surface area contributed by atoms with Crippen molar-refractivity contribution in [3.05, 3.63) is 65.6 Å². The van der Waals surface area contributed by atoms with E-state index in [1.165, 1.54) is 11.3 Å². The first-order chi connectivity index (χ1) is 12.2. The van der Waals surface area contributed by atoms with Crippen LogP contribution in [0.3, 0.4) is 0 Å². The van der Waals surface area contributed by atoms with Crippen molar-refractivity contribution in [3.8, 4) is 10.6 Å². The van der Waals surface area contributed by atoms with Gasteiger partial charge in [-0.15, -0.1) is 0 Å². The number of anilines is 1. The summed E-state index contributed by atoms with van der Waals surface area (Å²) in [6, 6.07) is 13.6. The molecule has 1 aromatic carbocycles. The normalized spacial score (nSPS) is 11.9. The number of nitrogens with zero attached hydrogens (tertiary/aromatic N) is 2. The van der Waals surface area contributed by atoms with Crippen LogP contribution in [0.15, 0.2) is 54.9 Å². The second kappa shape index (κ2) is 8.47. The third kappa shape index (κ3) is 4.60. The maximum Gasteiger partial charge on any atom is 0.229 e. The lowest BCUT2D eigenvalue weighted by Crippen LogP contribution is -2.25. The minimum absolute atomic E-state index is 0.109. The van der Waals surface area contributed by atoms with Gasteiger partial charge in [-0.1, -0.05) is 53.3 Å². The van der Waals surface area contributed by atoms with Gasteiger partial charge in [-0.05, 0) is 24.1 Å². The highest BCUT2D eigenvalue weighted by Gasteiger charge is 2.20. The standard InChI is InChI=1S/C18H16ClN3OS2/c19-15-18(25-17(21-15)13-7-4-8-20-10-13)22-16(23)14(11-24)9-12-5-2-1-3-6-12/h1-8,10,14,24H,9,11H2,(H,22,23). The van der Waals surface area contributed by atoms with Crippen molar-refractivity contribution in [2.24, 2.45) is 5.92 Å². The number of aromatic nitrogens is 2. The first kappa shape index (κ1) is 17.9. The summed E-state index contributed by atoms with van der Waals surface area (Å²) in [6.07, 6.45) is 4.04. The minimum Gasteiger partial charge on any atom is -0.315 e. The zero-order chi connectivity index (χ0) is 17.6. The third-order valence-electron chi connectivity index (χ3n) is 3.65. The maximum absolute atomic E-state index is 12.6. The highest BCUT2D eigenvalue weighted by molar-refractivity contribution is 7.80. The van der Waals surface area contributed by atoms with Crippen LogP contribution in [0.5, 0.6) is 0 Å². The Hall–Kier alpha value is -1.89. The molecule has 0 fully saturated rings. The lowest BCUT2D eigenvalue weighted by molar-refractivity contribution is -0.119. The monoisotopic (exact) mass is 389 g/mol. The molecule has 25 heavy (non-hydrogen) atoms. The summed E-state index contributed by atoms with van der Waals surface area (Å²) >= 11 is 11.9. The van der Waals surface area contributed by atoms with Crippen LogP contribution in [0.2, 0.25) is 5.15 Å². The molecule has 0 aliphatic rings. The Bertz CT molecular complexity index is 840. The number of pyridine rings is 1. The minimum atomic E-state index is -0.245. The third-order valence-corrected chi connectivity index (χ3v) is 5.49. The molecule has 1 amide bonds. The number of rotatable bonds is 6. The van der Waals surface area contributed by atoms with Crippen LogP contribution in [-0.2, 0) is 11.2 Å². The Morgan fingerprint density at radius 3 is 2.72 bits per heavy atom. The molecule has 0 saturated carbocycles. The smallest absolute Gasteiger partial charge is 0.229 e. The van der Waals surface area contributed by atoms with E-state index in [2.05, 4.69) is 27.9 Å². The second-order valence-electron chi connectivity index (χ2n) is 5.44. The van der Waals surface area contributed by atoms with Gasteiger partial charge in [0.25, 0.3) is 0 Å². The van der Waals surface area contributed by atoms with E-state index in [1.54, 1.807) is 12.4 Å². The average molecular weight is 390 g/mol. The number of amides is 1. The van der Waals surface area contributed by atoms with Gasteiger partial charge in [-0.3, -0.25) is 9.78 Å². The molecule has 1 N–H and O–H groups in total. The van der Waals surface area contributed by atoms with Gasteiger partial charge in [0.1, 0.15) is 10.0 Å². The zero-order valence-electron chi connectivity index (χ0n) is 13.2.